The van der Waals surface area contributed by atoms with E-state index in [4.69, 9.17) is 4.74 Å². The van der Waals surface area contributed by atoms with Crippen LogP contribution in [0.3, 0.4) is 0 Å². The lowest BCUT2D eigenvalue weighted by Crippen LogP contribution is -2.40. The zero-order chi connectivity index (χ0) is 26.2. The minimum Gasteiger partial charge on any atom is -0.481 e. The second-order valence-electron chi connectivity index (χ2n) is 7.49. The van der Waals surface area contributed by atoms with Gasteiger partial charge in [0.25, 0.3) is 5.56 Å². The molecule has 0 saturated carbocycles. The SMILES string of the molecule is COC(=O)COc1ccc(C=O)cc1-c1nsc2ccc(-n3c(=O)cc(C(F)(F)F)n(C)c3=O)cc12. The molecule has 0 spiro atoms. The Kier molecular flexibility index (Phi) is 6.50. The first kappa shape index (κ1) is 24.9. The van der Waals surface area contributed by atoms with Crippen LogP contribution in [0.5, 0.6) is 5.75 Å². The van der Waals surface area contributed by atoms with Gasteiger partial charge in [0.2, 0.25) is 0 Å². The van der Waals surface area contributed by atoms with E-state index in [1.54, 1.807) is 6.07 Å². The molecule has 13 heteroatoms. The molecule has 4 aromatic rings. The summed E-state index contributed by atoms with van der Waals surface area (Å²) in [5, 5.41) is 0.442. The number of halogens is 3. The molecule has 0 aliphatic rings. The fraction of sp³-hybridized carbons (Fsp3) is 0.174. The largest absolute Gasteiger partial charge is 0.481 e. The van der Waals surface area contributed by atoms with Crippen LogP contribution in [0.15, 0.2) is 52.1 Å². The Morgan fingerprint density at radius 1 is 1.14 bits per heavy atom. The van der Waals surface area contributed by atoms with E-state index in [1.165, 1.54) is 37.4 Å². The Bertz CT molecular complexity index is 1620. The smallest absolute Gasteiger partial charge is 0.431 e. The van der Waals surface area contributed by atoms with Crippen molar-refractivity contribution in [2.24, 2.45) is 7.05 Å². The average Bonchev–Trinajstić information content (AvgIpc) is 3.27. The van der Waals surface area contributed by atoms with Gasteiger partial charge in [-0.05, 0) is 47.9 Å². The molecule has 0 bridgehead atoms. The number of aromatic nitrogens is 3. The molecular weight excluding hydrogens is 503 g/mol. The highest BCUT2D eigenvalue weighted by molar-refractivity contribution is 7.13. The Morgan fingerprint density at radius 2 is 1.89 bits per heavy atom. The predicted octanol–water partition coefficient (Wildman–Crippen LogP) is 3.20. The summed E-state index contributed by atoms with van der Waals surface area (Å²) < 4.78 is 55.7. The Morgan fingerprint density at radius 3 is 2.56 bits per heavy atom. The zero-order valence-corrected chi connectivity index (χ0v) is 19.5. The van der Waals surface area contributed by atoms with Crippen molar-refractivity contribution >= 4 is 33.9 Å². The van der Waals surface area contributed by atoms with Crippen LogP contribution in [0.25, 0.3) is 27.0 Å². The van der Waals surface area contributed by atoms with Crippen molar-refractivity contribution in [2.75, 3.05) is 13.7 Å². The van der Waals surface area contributed by atoms with Gasteiger partial charge in [-0.25, -0.2) is 14.2 Å². The summed E-state index contributed by atoms with van der Waals surface area (Å²) in [5.74, 6) is -0.422. The fourth-order valence-corrected chi connectivity index (χ4v) is 4.29. The number of hydrogen-bond donors (Lipinski definition) is 0. The maximum atomic E-state index is 13.2. The third kappa shape index (κ3) is 4.52. The van der Waals surface area contributed by atoms with Crippen molar-refractivity contribution < 1.29 is 32.2 Å². The van der Waals surface area contributed by atoms with Gasteiger partial charge in [-0.1, -0.05) is 0 Å². The summed E-state index contributed by atoms with van der Waals surface area (Å²) in [6, 6.07) is 9.21. The predicted molar refractivity (Wildman–Crippen MR) is 124 cm³/mol. The molecule has 0 atom stereocenters. The molecule has 0 aliphatic carbocycles. The van der Waals surface area contributed by atoms with Crippen LogP contribution in [0.2, 0.25) is 0 Å². The lowest BCUT2D eigenvalue weighted by Gasteiger charge is -2.14. The molecule has 0 amide bonds. The molecule has 0 saturated heterocycles. The number of nitrogens with zero attached hydrogens (tertiary/aromatic N) is 3. The maximum absolute atomic E-state index is 13.2. The van der Waals surface area contributed by atoms with Gasteiger partial charge >= 0.3 is 17.8 Å². The number of aldehydes is 1. The molecule has 0 unspecified atom stereocenters. The summed E-state index contributed by atoms with van der Waals surface area (Å²) in [6.45, 7) is -0.408. The van der Waals surface area contributed by atoms with E-state index in [9.17, 15) is 32.3 Å². The van der Waals surface area contributed by atoms with Gasteiger partial charge in [-0.3, -0.25) is 14.2 Å². The van der Waals surface area contributed by atoms with E-state index in [-0.39, 0.29) is 11.4 Å². The molecule has 0 radical (unpaired) electrons. The monoisotopic (exact) mass is 519 g/mol. The molecule has 2 heterocycles. The number of benzene rings is 2. The molecule has 4 rings (SSSR count). The minimum atomic E-state index is -4.88. The Hall–Kier alpha value is -4.26. The number of fused-ring (bicyclic) bond motifs is 1. The quantitative estimate of drug-likeness (QED) is 0.284. The molecule has 9 nitrogen and oxygen atoms in total. The summed E-state index contributed by atoms with van der Waals surface area (Å²) in [6.07, 6.45) is -4.27. The van der Waals surface area contributed by atoms with Gasteiger partial charge in [-0.15, -0.1) is 0 Å². The third-order valence-electron chi connectivity index (χ3n) is 5.29. The molecule has 186 valence electrons. The summed E-state index contributed by atoms with van der Waals surface area (Å²) in [4.78, 5) is 48.2. The number of alkyl halides is 3. The lowest BCUT2D eigenvalue weighted by molar-refractivity contribution is -0.144. The normalized spacial score (nSPS) is 11.5. The van der Waals surface area contributed by atoms with Crippen LogP contribution in [0.1, 0.15) is 16.1 Å². The van der Waals surface area contributed by atoms with Crippen LogP contribution >= 0.6 is 11.5 Å². The standard InChI is InChI=1S/C23H16F3N3O6S/c1-28-18(23(24,25)26)9-19(31)29(22(28)33)13-4-6-17-15(8-13)21(27-36-17)14-7-12(10-30)3-5-16(14)35-11-20(32)34-2/h3-10H,11H2,1-2H3. The Labute approximate surface area is 204 Å². The number of methoxy groups -OCH3 is 1. The summed E-state index contributed by atoms with van der Waals surface area (Å²) in [5.41, 5.74) is -2.72. The van der Waals surface area contributed by atoms with E-state index < -0.39 is 35.7 Å². The molecular formula is C23H16F3N3O6S. The van der Waals surface area contributed by atoms with Crippen LogP contribution in [-0.4, -0.2) is 39.5 Å². The molecule has 2 aromatic carbocycles. The van der Waals surface area contributed by atoms with Gasteiger partial charge in [-0.2, -0.15) is 17.5 Å². The number of esters is 1. The van der Waals surface area contributed by atoms with E-state index >= 15 is 0 Å². The van der Waals surface area contributed by atoms with Crippen LogP contribution in [0, 0.1) is 0 Å². The topological polar surface area (TPSA) is 109 Å². The number of ether oxygens (including phenoxy) is 2. The van der Waals surface area contributed by atoms with Gasteiger partial charge < -0.3 is 9.47 Å². The molecule has 0 fully saturated rings. The van der Waals surface area contributed by atoms with E-state index in [1.807, 2.05) is 0 Å². The van der Waals surface area contributed by atoms with Gasteiger partial charge in [0.1, 0.15) is 17.7 Å². The third-order valence-corrected chi connectivity index (χ3v) is 6.12. The minimum absolute atomic E-state index is 0.0202. The van der Waals surface area contributed by atoms with Crippen molar-refractivity contribution in [3.63, 3.8) is 0 Å². The van der Waals surface area contributed by atoms with Gasteiger partial charge in [0.15, 0.2) is 6.61 Å². The highest BCUT2D eigenvalue weighted by Crippen LogP contribution is 2.37. The number of carbonyl (C=O) groups is 2. The fourth-order valence-electron chi connectivity index (χ4n) is 3.52. The van der Waals surface area contributed by atoms with E-state index in [0.717, 1.165) is 18.6 Å². The number of hydrogen-bond acceptors (Lipinski definition) is 8. The lowest BCUT2D eigenvalue weighted by atomic mass is 10.0. The molecule has 36 heavy (non-hydrogen) atoms. The van der Waals surface area contributed by atoms with Crippen molar-refractivity contribution in [3.8, 4) is 22.7 Å². The molecule has 0 N–H and O–H groups in total. The van der Waals surface area contributed by atoms with Gasteiger partial charge in [0, 0.05) is 29.6 Å². The second kappa shape index (κ2) is 9.41. The summed E-state index contributed by atoms with van der Waals surface area (Å²) in [7, 11) is 2.12. The van der Waals surface area contributed by atoms with Crippen LogP contribution < -0.4 is 16.0 Å². The number of rotatable bonds is 6. The molecule has 0 aliphatic heterocycles. The maximum Gasteiger partial charge on any atom is 0.431 e. The number of carbonyl (C=O) groups excluding carboxylic acids is 2. The second-order valence-corrected chi connectivity index (χ2v) is 8.30. The van der Waals surface area contributed by atoms with Crippen LogP contribution in [0.4, 0.5) is 13.2 Å². The molecule has 2 aromatic heterocycles. The first-order valence-corrected chi connectivity index (χ1v) is 10.9. The van der Waals surface area contributed by atoms with E-state index in [2.05, 4.69) is 9.11 Å². The zero-order valence-electron chi connectivity index (χ0n) is 18.7. The van der Waals surface area contributed by atoms with Crippen molar-refractivity contribution in [1.29, 1.82) is 0 Å². The average molecular weight is 519 g/mol. The highest BCUT2D eigenvalue weighted by Gasteiger charge is 2.35. The van der Waals surface area contributed by atoms with Crippen molar-refractivity contribution in [1.82, 2.24) is 13.5 Å². The highest BCUT2D eigenvalue weighted by atomic mass is 32.1. The first-order valence-electron chi connectivity index (χ1n) is 10.1. The van der Waals surface area contributed by atoms with Gasteiger partial charge in [0.05, 0.1) is 23.2 Å². The van der Waals surface area contributed by atoms with E-state index in [0.29, 0.717) is 48.4 Å². The van der Waals surface area contributed by atoms with Crippen molar-refractivity contribution in [2.45, 2.75) is 6.18 Å². The Balaban J connectivity index is 1.90. The van der Waals surface area contributed by atoms with Crippen molar-refractivity contribution in [3.05, 3.63) is 74.6 Å². The van der Waals surface area contributed by atoms with Crippen LogP contribution in [-0.2, 0) is 22.8 Å². The summed E-state index contributed by atoms with van der Waals surface area (Å²) >= 11 is 1.08. The first-order chi connectivity index (χ1) is 17.0.